The molecule has 1 N–H and O–H groups in total. The molecule has 2 fully saturated rings. The van der Waals surface area contributed by atoms with E-state index in [-0.39, 0.29) is 30.5 Å². The molecule has 0 aliphatic carbocycles. The average molecular weight is 385 g/mol. The first-order valence-electron chi connectivity index (χ1n) is 9.43. The van der Waals surface area contributed by atoms with Crippen LogP contribution in [0.2, 0.25) is 0 Å². The van der Waals surface area contributed by atoms with E-state index in [1.165, 1.54) is 11.0 Å². The van der Waals surface area contributed by atoms with Gasteiger partial charge in [-0.15, -0.1) is 0 Å². The molecule has 2 amide bonds. The number of rotatable bonds is 4. The van der Waals surface area contributed by atoms with Gasteiger partial charge in [0.1, 0.15) is 11.6 Å². The van der Waals surface area contributed by atoms with E-state index in [0.717, 1.165) is 43.8 Å². The summed E-state index contributed by atoms with van der Waals surface area (Å²) in [5.74, 6) is -2.73. The van der Waals surface area contributed by atoms with Crippen molar-refractivity contribution < 1.29 is 18.4 Å². The summed E-state index contributed by atoms with van der Waals surface area (Å²) >= 11 is 0. The molecule has 146 valence electrons. The molecule has 1 unspecified atom stereocenters. The molecule has 28 heavy (non-hydrogen) atoms. The lowest BCUT2D eigenvalue weighted by Gasteiger charge is -2.22. The van der Waals surface area contributed by atoms with E-state index in [1.807, 2.05) is 24.3 Å². The molecule has 7 heteroatoms. The number of hydrogen-bond donors (Lipinski definition) is 1. The normalized spacial score (nSPS) is 19.4. The van der Waals surface area contributed by atoms with Gasteiger partial charge in [0.25, 0.3) is 0 Å². The maximum Gasteiger partial charge on any atom is 0.229 e. The fourth-order valence-electron chi connectivity index (χ4n) is 3.86. The zero-order valence-electron chi connectivity index (χ0n) is 15.3. The predicted octanol–water partition coefficient (Wildman–Crippen LogP) is 3.56. The fourth-order valence-corrected chi connectivity index (χ4v) is 3.86. The summed E-state index contributed by atoms with van der Waals surface area (Å²) in [6.45, 7) is 1.97. The topological polar surface area (TPSA) is 52.7 Å². The molecule has 2 aliphatic heterocycles. The van der Waals surface area contributed by atoms with Gasteiger partial charge in [0.2, 0.25) is 11.8 Å². The molecule has 0 saturated carbocycles. The van der Waals surface area contributed by atoms with Gasteiger partial charge >= 0.3 is 0 Å². The predicted molar refractivity (Wildman–Crippen MR) is 103 cm³/mol. The average Bonchev–Trinajstić information content (AvgIpc) is 3.32. The van der Waals surface area contributed by atoms with Crippen LogP contribution in [0.15, 0.2) is 42.5 Å². The van der Waals surface area contributed by atoms with E-state index in [4.69, 9.17) is 0 Å². The van der Waals surface area contributed by atoms with Crippen LogP contribution >= 0.6 is 0 Å². The molecule has 2 aromatic carbocycles. The summed E-state index contributed by atoms with van der Waals surface area (Å²) in [5.41, 5.74) is 1.69. The van der Waals surface area contributed by atoms with E-state index in [9.17, 15) is 18.4 Å². The smallest absolute Gasteiger partial charge is 0.229 e. The molecular weight excluding hydrogens is 364 g/mol. The van der Waals surface area contributed by atoms with Gasteiger partial charge in [0.15, 0.2) is 0 Å². The third kappa shape index (κ3) is 3.56. The molecule has 0 spiro atoms. The largest absolute Gasteiger partial charge is 0.370 e. The molecule has 0 bridgehead atoms. The highest BCUT2D eigenvalue weighted by Crippen LogP contribution is 2.31. The number of carbonyl (C=O) groups is 2. The standard InChI is InChI=1S/C21H21F2N3O2/c22-15-7-8-18(16(23)12-15)26-13-14(11-20(26)27)21(28)24-17-5-1-2-6-19(17)25-9-3-4-10-25/h1-2,5-8,12,14H,3-4,9-11,13H2,(H,24,28). The Bertz CT molecular complexity index is 912. The Morgan fingerprint density at radius 2 is 1.79 bits per heavy atom. The van der Waals surface area contributed by atoms with Crippen molar-refractivity contribution in [3.05, 3.63) is 54.1 Å². The van der Waals surface area contributed by atoms with Crippen LogP contribution in [-0.4, -0.2) is 31.4 Å². The Morgan fingerprint density at radius 3 is 2.54 bits per heavy atom. The number of para-hydroxylation sites is 2. The lowest BCUT2D eigenvalue weighted by atomic mass is 10.1. The summed E-state index contributed by atoms with van der Waals surface area (Å²) < 4.78 is 27.2. The van der Waals surface area contributed by atoms with Crippen LogP contribution in [0, 0.1) is 17.6 Å². The number of anilines is 3. The zero-order valence-corrected chi connectivity index (χ0v) is 15.3. The lowest BCUT2D eigenvalue weighted by Crippen LogP contribution is -2.29. The monoisotopic (exact) mass is 385 g/mol. The van der Waals surface area contributed by atoms with Crippen LogP contribution in [-0.2, 0) is 9.59 Å². The molecule has 1 atom stereocenters. The van der Waals surface area contributed by atoms with Crippen molar-refractivity contribution in [2.24, 2.45) is 5.92 Å². The number of hydrogen-bond acceptors (Lipinski definition) is 3. The summed E-state index contributed by atoms with van der Waals surface area (Å²) in [5, 5.41) is 2.93. The first-order valence-corrected chi connectivity index (χ1v) is 9.43. The summed E-state index contributed by atoms with van der Waals surface area (Å²) in [6, 6.07) is 10.7. The Morgan fingerprint density at radius 1 is 1.04 bits per heavy atom. The highest BCUT2D eigenvalue weighted by Gasteiger charge is 2.36. The maximum absolute atomic E-state index is 14.0. The first-order chi connectivity index (χ1) is 13.5. The summed E-state index contributed by atoms with van der Waals surface area (Å²) in [7, 11) is 0. The number of halogens is 2. The van der Waals surface area contributed by atoms with Gasteiger partial charge in [-0.25, -0.2) is 8.78 Å². The first kappa shape index (κ1) is 18.4. The van der Waals surface area contributed by atoms with Crippen molar-refractivity contribution in [3.8, 4) is 0 Å². The van der Waals surface area contributed by atoms with Crippen molar-refractivity contribution in [2.75, 3.05) is 34.8 Å². The van der Waals surface area contributed by atoms with E-state index >= 15 is 0 Å². The molecule has 2 aliphatic rings. The third-order valence-electron chi connectivity index (χ3n) is 5.31. The van der Waals surface area contributed by atoms with Crippen molar-refractivity contribution in [1.82, 2.24) is 0 Å². The highest BCUT2D eigenvalue weighted by molar-refractivity contribution is 6.04. The van der Waals surface area contributed by atoms with Crippen LogP contribution in [0.4, 0.5) is 25.8 Å². The number of amides is 2. The van der Waals surface area contributed by atoms with Gasteiger partial charge in [-0.05, 0) is 37.1 Å². The second kappa shape index (κ2) is 7.58. The van der Waals surface area contributed by atoms with Gasteiger partial charge in [-0.3, -0.25) is 9.59 Å². The summed E-state index contributed by atoms with van der Waals surface area (Å²) in [4.78, 5) is 28.6. The van der Waals surface area contributed by atoms with Crippen molar-refractivity contribution in [3.63, 3.8) is 0 Å². The van der Waals surface area contributed by atoms with Gasteiger partial charge < -0.3 is 15.1 Å². The fraction of sp³-hybridized carbons (Fsp3) is 0.333. The van der Waals surface area contributed by atoms with Gasteiger partial charge in [-0.2, -0.15) is 0 Å². The van der Waals surface area contributed by atoms with Crippen molar-refractivity contribution in [1.29, 1.82) is 0 Å². The quantitative estimate of drug-likeness (QED) is 0.876. The minimum Gasteiger partial charge on any atom is -0.370 e. The minimum absolute atomic E-state index is 0.000771. The lowest BCUT2D eigenvalue weighted by molar-refractivity contribution is -0.122. The van der Waals surface area contributed by atoms with Gasteiger partial charge in [0, 0.05) is 32.1 Å². The van der Waals surface area contributed by atoms with Crippen LogP contribution in [0.5, 0.6) is 0 Å². The molecule has 4 rings (SSSR count). The van der Waals surface area contributed by atoms with Gasteiger partial charge in [0.05, 0.1) is 23.0 Å². The molecule has 2 heterocycles. The Kier molecular flexibility index (Phi) is 4.98. The van der Waals surface area contributed by atoms with Crippen LogP contribution in [0.25, 0.3) is 0 Å². The van der Waals surface area contributed by atoms with E-state index in [2.05, 4.69) is 10.2 Å². The number of nitrogens with one attached hydrogen (secondary N) is 1. The molecule has 2 aromatic rings. The van der Waals surface area contributed by atoms with Crippen LogP contribution in [0.1, 0.15) is 19.3 Å². The molecule has 2 saturated heterocycles. The Hall–Kier alpha value is -2.96. The molecule has 0 aromatic heterocycles. The molecular formula is C21H21F2N3O2. The molecule has 0 radical (unpaired) electrons. The highest BCUT2D eigenvalue weighted by atomic mass is 19.1. The SMILES string of the molecule is O=C(Nc1ccccc1N1CCCC1)C1CC(=O)N(c2ccc(F)cc2F)C1. The van der Waals surface area contributed by atoms with Crippen molar-refractivity contribution in [2.45, 2.75) is 19.3 Å². The molecule has 5 nitrogen and oxygen atoms in total. The van der Waals surface area contributed by atoms with E-state index in [1.54, 1.807) is 0 Å². The van der Waals surface area contributed by atoms with Gasteiger partial charge in [-0.1, -0.05) is 12.1 Å². The van der Waals surface area contributed by atoms with Crippen LogP contribution < -0.4 is 15.1 Å². The number of nitrogens with zero attached hydrogens (tertiary/aromatic N) is 2. The Labute approximate surface area is 161 Å². The van der Waals surface area contributed by atoms with Crippen LogP contribution in [0.3, 0.4) is 0 Å². The zero-order chi connectivity index (χ0) is 19.7. The van der Waals surface area contributed by atoms with E-state index in [0.29, 0.717) is 5.69 Å². The third-order valence-corrected chi connectivity index (χ3v) is 5.31. The summed E-state index contributed by atoms with van der Waals surface area (Å²) in [6.07, 6.45) is 2.24. The maximum atomic E-state index is 14.0. The Balaban J connectivity index is 1.49. The second-order valence-corrected chi connectivity index (χ2v) is 7.20. The van der Waals surface area contributed by atoms with E-state index < -0.39 is 17.6 Å². The number of benzene rings is 2. The second-order valence-electron chi connectivity index (χ2n) is 7.20. The minimum atomic E-state index is -0.811. The number of carbonyl (C=O) groups excluding carboxylic acids is 2. The van der Waals surface area contributed by atoms with Crippen molar-refractivity contribution >= 4 is 28.9 Å².